The third-order valence-corrected chi connectivity index (χ3v) is 5.19. The maximum Gasteiger partial charge on any atom is 0.313 e. The van der Waals surface area contributed by atoms with Crippen LogP contribution in [-0.2, 0) is 14.3 Å². The molecule has 0 bridgehead atoms. The lowest BCUT2D eigenvalue weighted by Gasteiger charge is -2.22. The summed E-state index contributed by atoms with van der Waals surface area (Å²) in [5, 5.41) is 19.7. The number of esters is 1. The highest BCUT2D eigenvalue weighted by Gasteiger charge is 2.22. The molecule has 0 aliphatic rings. The Morgan fingerprint density at radius 1 is 1.17 bits per heavy atom. The van der Waals surface area contributed by atoms with Crippen molar-refractivity contribution in [3.8, 4) is 22.6 Å². The molecule has 0 saturated carbocycles. The maximum absolute atomic E-state index is 13.7. The fourth-order valence-electron chi connectivity index (χ4n) is 3.65. The van der Waals surface area contributed by atoms with Crippen LogP contribution < -0.4 is 9.47 Å². The predicted molar refractivity (Wildman–Crippen MR) is 131 cm³/mol. The number of carbonyl (C=O) groups is 2. The molecule has 7 nitrogen and oxygen atoms in total. The van der Waals surface area contributed by atoms with Crippen molar-refractivity contribution >= 4 is 17.8 Å². The summed E-state index contributed by atoms with van der Waals surface area (Å²) in [6.07, 6.45) is 1.39. The number of ether oxygens (including phenoxy) is 3. The Hall–Kier alpha value is -3.23. The fraction of sp³-hybridized carbons (Fsp3) is 0.407. The van der Waals surface area contributed by atoms with Crippen LogP contribution in [0.5, 0.6) is 11.5 Å². The van der Waals surface area contributed by atoms with E-state index in [0.29, 0.717) is 28.2 Å². The van der Waals surface area contributed by atoms with Crippen LogP contribution in [0.4, 0.5) is 4.39 Å². The highest BCUT2D eigenvalue weighted by molar-refractivity contribution is 5.96. The topological polar surface area (TPSA) is 102 Å². The van der Waals surface area contributed by atoms with E-state index in [1.165, 1.54) is 25.3 Å². The Balaban J connectivity index is 2.54. The number of hydrogen-bond acceptors (Lipinski definition) is 7. The van der Waals surface area contributed by atoms with Gasteiger partial charge in [-0.25, -0.2) is 4.39 Å². The molecule has 1 atom stereocenters. The van der Waals surface area contributed by atoms with Crippen molar-refractivity contribution in [3.05, 3.63) is 53.4 Å². The fourth-order valence-corrected chi connectivity index (χ4v) is 3.65. The molecule has 0 heterocycles. The molecule has 0 aromatic heterocycles. The molecule has 0 amide bonds. The number of aliphatic hydroxyl groups excluding tert-OH is 2. The molecule has 0 aliphatic carbocycles. The second kappa shape index (κ2) is 13.6. The minimum atomic E-state index is -1.13. The van der Waals surface area contributed by atoms with E-state index in [1.807, 2.05) is 19.9 Å². The van der Waals surface area contributed by atoms with Gasteiger partial charge in [-0.1, -0.05) is 38.1 Å². The second-order valence-electron chi connectivity index (χ2n) is 8.17. The highest BCUT2D eigenvalue weighted by atomic mass is 19.1. The third-order valence-electron chi connectivity index (χ3n) is 5.19. The maximum atomic E-state index is 13.7. The quantitative estimate of drug-likeness (QED) is 0.320. The lowest BCUT2D eigenvalue weighted by Crippen LogP contribution is -2.16. The van der Waals surface area contributed by atoms with Crippen LogP contribution in [0, 0.1) is 5.82 Å². The van der Waals surface area contributed by atoms with E-state index in [1.54, 1.807) is 25.1 Å². The van der Waals surface area contributed by atoms with Crippen LogP contribution in [0.15, 0.2) is 36.4 Å². The Morgan fingerprint density at radius 2 is 1.86 bits per heavy atom. The van der Waals surface area contributed by atoms with Gasteiger partial charge in [0.1, 0.15) is 24.6 Å². The minimum absolute atomic E-state index is 0.0267. The Bertz CT molecular complexity index is 1030. The van der Waals surface area contributed by atoms with E-state index in [2.05, 4.69) is 0 Å². The molecule has 1 unspecified atom stereocenters. The first-order chi connectivity index (χ1) is 16.7. The van der Waals surface area contributed by atoms with Gasteiger partial charge in [0.15, 0.2) is 11.5 Å². The van der Waals surface area contributed by atoms with E-state index in [4.69, 9.17) is 14.2 Å². The molecule has 8 heteroatoms. The second-order valence-corrected chi connectivity index (χ2v) is 8.17. The molecule has 2 rings (SSSR count). The van der Waals surface area contributed by atoms with Gasteiger partial charge >= 0.3 is 5.97 Å². The lowest BCUT2D eigenvalue weighted by molar-refractivity contribution is -0.145. The molecule has 2 N–H and O–H groups in total. The molecule has 0 spiro atoms. The number of carbonyl (C=O) groups excluding carboxylic acids is 2. The number of Topliss-reactive ketones (excluding diaryl/α,β-unsaturated/α-hetero) is 1. The first-order valence-electron chi connectivity index (χ1n) is 11.5. The van der Waals surface area contributed by atoms with Crippen molar-refractivity contribution in [1.29, 1.82) is 0 Å². The van der Waals surface area contributed by atoms with E-state index in [-0.39, 0.29) is 32.2 Å². The molecule has 0 fully saturated rings. The highest BCUT2D eigenvalue weighted by Crippen LogP contribution is 2.45. The van der Waals surface area contributed by atoms with Crippen molar-refractivity contribution in [2.45, 2.75) is 45.6 Å². The molecule has 35 heavy (non-hydrogen) atoms. The molecule has 0 saturated heterocycles. The van der Waals surface area contributed by atoms with Crippen molar-refractivity contribution in [3.63, 3.8) is 0 Å². The summed E-state index contributed by atoms with van der Waals surface area (Å²) in [5.41, 5.74) is 2.84. The van der Waals surface area contributed by atoms with Crippen LogP contribution in [0.2, 0.25) is 0 Å². The monoisotopic (exact) mass is 488 g/mol. The van der Waals surface area contributed by atoms with Gasteiger partial charge in [0.25, 0.3) is 0 Å². The number of benzene rings is 2. The van der Waals surface area contributed by atoms with Gasteiger partial charge in [-0.05, 0) is 47.7 Å². The third kappa shape index (κ3) is 7.90. The molecular formula is C27H33FO7. The predicted octanol–water partition coefficient (Wildman–Crippen LogP) is 4.28. The van der Waals surface area contributed by atoms with Crippen molar-refractivity contribution in [1.82, 2.24) is 0 Å². The summed E-state index contributed by atoms with van der Waals surface area (Å²) < 4.78 is 29.8. The normalized spacial score (nSPS) is 12.1. The van der Waals surface area contributed by atoms with Crippen LogP contribution >= 0.6 is 0 Å². The largest absolute Gasteiger partial charge is 0.492 e. The van der Waals surface area contributed by atoms with Crippen LogP contribution in [0.1, 0.15) is 50.7 Å². The zero-order chi connectivity index (χ0) is 26.0. The summed E-state index contributed by atoms with van der Waals surface area (Å²) in [5.74, 6) is -0.615. The zero-order valence-electron chi connectivity index (χ0n) is 20.5. The van der Waals surface area contributed by atoms with E-state index < -0.39 is 30.1 Å². The van der Waals surface area contributed by atoms with E-state index in [9.17, 15) is 24.2 Å². The standard InChI is InChI=1S/C27H33FO7/c1-5-34-25(32)15-21(31)14-20(30)10-11-22-23(17(2)3)16-24(35-13-12-29)27(33-4)26(22)18-6-8-19(28)9-7-18/h6-11,16-17,20,29-30H,5,12-15H2,1-4H3. The van der Waals surface area contributed by atoms with Gasteiger partial charge in [0, 0.05) is 12.0 Å². The Morgan fingerprint density at radius 3 is 2.43 bits per heavy atom. The number of halogens is 1. The Kier molecular flexibility index (Phi) is 10.9. The number of methoxy groups -OCH3 is 1. The first-order valence-corrected chi connectivity index (χ1v) is 11.5. The summed E-state index contributed by atoms with van der Waals surface area (Å²) in [4.78, 5) is 23.6. The smallest absolute Gasteiger partial charge is 0.313 e. The SMILES string of the molecule is CCOC(=O)CC(=O)CC(O)C=Cc1c(C(C)C)cc(OCCO)c(OC)c1-c1ccc(F)cc1. The van der Waals surface area contributed by atoms with Gasteiger partial charge in [-0.15, -0.1) is 0 Å². The van der Waals surface area contributed by atoms with Crippen LogP contribution in [0.25, 0.3) is 17.2 Å². The molecule has 2 aromatic rings. The van der Waals surface area contributed by atoms with Crippen molar-refractivity contribution in [2.24, 2.45) is 0 Å². The average Bonchev–Trinajstić information content (AvgIpc) is 2.81. The average molecular weight is 489 g/mol. The lowest BCUT2D eigenvalue weighted by atomic mass is 9.88. The van der Waals surface area contributed by atoms with Crippen LogP contribution in [-0.4, -0.2) is 55.0 Å². The Labute approximate surface area is 205 Å². The zero-order valence-corrected chi connectivity index (χ0v) is 20.5. The van der Waals surface area contributed by atoms with E-state index >= 15 is 0 Å². The van der Waals surface area contributed by atoms with Crippen LogP contribution in [0.3, 0.4) is 0 Å². The summed E-state index contributed by atoms with van der Waals surface area (Å²) >= 11 is 0. The van der Waals surface area contributed by atoms with Crippen molar-refractivity contribution in [2.75, 3.05) is 26.9 Å². The van der Waals surface area contributed by atoms with Gasteiger partial charge < -0.3 is 24.4 Å². The number of ketones is 1. The number of hydrogen-bond donors (Lipinski definition) is 2. The van der Waals surface area contributed by atoms with Gasteiger partial charge in [0.2, 0.25) is 0 Å². The minimum Gasteiger partial charge on any atom is -0.492 e. The summed E-state index contributed by atoms with van der Waals surface area (Å²) in [6.45, 7) is 5.69. The molecule has 0 radical (unpaired) electrons. The molecular weight excluding hydrogens is 455 g/mol. The van der Waals surface area contributed by atoms with Gasteiger partial charge in [0.05, 0.1) is 26.4 Å². The van der Waals surface area contributed by atoms with Crippen molar-refractivity contribution < 1.29 is 38.4 Å². The van der Waals surface area contributed by atoms with Gasteiger partial charge in [-0.2, -0.15) is 0 Å². The molecule has 2 aromatic carbocycles. The molecule has 190 valence electrons. The first kappa shape index (κ1) is 28.0. The summed E-state index contributed by atoms with van der Waals surface area (Å²) in [6, 6.07) is 7.71. The van der Waals surface area contributed by atoms with E-state index in [0.717, 1.165) is 5.56 Å². The van der Waals surface area contributed by atoms with Gasteiger partial charge in [-0.3, -0.25) is 9.59 Å². The number of aliphatic hydroxyl groups is 2. The number of rotatable bonds is 13. The molecule has 0 aliphatic heterocycles. The summed E-state index contributed by atoms with van der Waals surface area (Å²) in [7, 11) is 1.49.